The molecule has 0 radical (unpaired) electrons. The van der Waals surface area contributed by atoms with Crippen LogP contribution < -0.4 is 5.32 Å². The molecule has 2 N–H and O–H groups in total. The molecule has 0 aromatic carbocycles. The van der Waals surface area contributed by atoms with Crippen molar-refractivity contribution in [2.24, 2.45) is 0 Å². The van der Waals surface area contributed by atoms with Crippen molar-refractivity contribution < 1.29 is 0 Å². The number of imidazole rings is 1. The number of hydrogen-bond donors (Lipinski definition) is 2. The van der Waals surface area contributed by atoms with E-state index in [9.17, 15) is 0 Å². The van der Waals surface area contributed by atoms with Gasteiger partial charge in [0.15, 0.2) is 0 Å². The van der Waals surface area contributed by atoms with Crippen LogP contribution in [-0.4, -0.2) is 41.5 Å². The molecular formula is C12H20N4. The lowest BCUT2D eigenvalue weighted by atomic mass is 10.1. The summed E-state index contributed by atoms with van der Waals surface area (Å²) in [5, 5.41) is 3.48. The standard InChI is InChI=1S/C12H20N4/c1-16-6-4-9(8-16)11-7-14-12(15-11)10-3-2-5-13-10/h7,9-10,13H,2-6,8H2,1H3,(H,14,15). The van der Waals surface area contributed by atoms with E-state index in [-0.39, 0.29) is 0 Å². The van der Waals surface area contributed by atoms with Crippen molar-refractivity contribution in [2.75, 3.05) is 26.7 Å². The minimum atomic E-state index is 0.466. The molecule has 4 nitrogen and oxygen atoms in total. The number of aromatic amines is 1. The minimum absolute atomic E-state index is 0.466. The largest absolute Gasteiger partial charge is 0.344 e. The predicted octanol–water partition coefficient (Wildman–Crippen LogP) is 1.25. The number of nitrogens with zero attached hydrogens (tertiary/aromatic N) is 2. The fraction of sp³-hybridized carbons (Fsp3) is 0.750. The van der Waals surface area contributed by atoms with E-state index < -0.39 is 0 Å². The monoisotopic (exact) mass is 220 g/mol. The maximum absolute atomic E-state index is 4.53. The van der Waals surface area contributed by atoms with E-state index >= 15 is 0 Å². The van der Waals surface area contributed by atoms with Gasteiger partial charge in [-0.2, -0.15) is 0 Å². The second kappa shape index (κ2) is 4.18. The topological polar surface area (TPSA) is 44.0 Å². The Morgan fingerprint density at radius 2 is 2.38 bits per heavy atom. The summed E-state index contributed by atoms with van der Waals surface area (Å²) in [4.78, 5) is 10.4. The third kappa shape index (κ3) is 1.87. The maximum atomic E-state index is 4.53. The zero-order valence-electron chi connectivity index (χ0n) is 9.87. The molecule has 3 rings (SSSR count). The highest BCUT2D eigenvalue weighted by Crippen LogP contribution is 2.27. The molecule has 88 valence electrons. The van der Waals surface area contributed by atoms with Gasteiger partial charge in [-0.15, -0.1) is 0 Å². The van der Waals surface area contributed by atoms with Crippen molar-refractivity contribution in [3.63, 3.8) is 0 Å². The average Bonchev–Trinajstić information content (AvgIpc) is 2.97. The highest BCUT2D eigenvalue weighted by atomic mass is 15.1. The van der Waals surface area contributed by atoms with Crippen LogP contribution >= 0.6 is 0 Å². The third-order valence-corrected chi connectivity index (χ3v) is 3.84. The Kier molecular flexibility index (Phi) is 2.69. The molecule has 0 spiro atoms. The van der Waals surface area contributed by atoms with Gasteiger partial charge in [0.05, 0.1) is 6.04 Å². The maximum Gasteiger partial charge on any atom is 0.123 e. The molecule has 2 atom stereocenters. The summed E-state index contributed by atoms with van der Waals surface area (Å²) in [6.45, 7) is 3.51. The average molecular weight is 220 g/mol. The minimum Gasteiger partial charge on any atom is -0.344 e. The molecular weight excluding hydrogens is 200 g/mol. The lowest BCUT2D eigenvalue weighted by molar-refractivity contribution is 0.411. The van der Waals surface area contributed by atoms with Gasteiger partial charge >= 0.3 is 0 Å². The highest BCUT2D eigenvalue weighted by Gasteiger charge is 2.25. The van der Waals surface area contributed by atoms with Crippen molar-refractivity contribution in [1.82, 2.24) is 20.2 Å². The van der Waals surface area contributed by atoms with Gasteiger partial charge in [-0.3, -0.25) is 0 Å². The van der Waals surface area contributed by atoms with E-state index in [2.05, 4.69) is 27.2 Å². The predicted molar refractivity (Wildman–Crippen MR) is 63.4 cm³/mol. The van der Waals surface area contributed by atoms with Crippen LogP contribution in [0.15, 0.2) is 6.20 Å². The lowest BCUT2D eigenvalue weighted by Gasteiger charge is -2.09. The molecule has 3 heterocycles. The number of nitrogens with one attached hydrogen (secondary N) is 2. The Hall–Kier alpha value is -0.870. The van der Waals surface area contributed by atoms with E-state index in [1.54, 1.807) is 0 Å². The van der Waals surface area contributed by atoms with Crippen molar-refractivity contribution in [3.05, 3.63) is 17.7 Å². The highest BCUT2D eigenvalue weighted by molar-refractivity contribution is 5.12. The molecule has 0 aliphatic carbocycles. The summed E-state index contributed by atoms with van der Waals surface area (Å²) in [7, 11) is 2.19. The quantitative estimate of drug-likeness (QED) is 0.788. The second-order valence-corrected chi connectivity index (χ2v) is 5.12. The number of H-pyrrole nitrogens is 1. The lowest BCUT2D eigenvalue weighted by Crippen LogP contribution is -2.15. The van der Waals surface area contributed by atoms with Crippen LogP contribution in [0.3, 0.4) is 0 Å². The van der Waals surface area contributed by atoms with Crippen molar-refractivity contribution in [2.45, 2.75) is 31.2 Å². The van der Waals surface area contributed by atoms with Crippen LogP contribution in [-0.2, 0) is 0 Å². The molecule has 0 saturated carbocycles. The van der Waals surface area contributed by atoms with Crippen molar-refractivity contribution in [1.29, 1.82) is 0 Å². The molecule has 2 fully saturated rings. The molecule has 4 heteroatoms. The Morgan fingerprint density at radius 3 is 3.06 bits per heavy atom. The van der Waals surface area contributed by atoms with Gasteiger partial charge in [0.25, 0.3) is 0 Å². The first-order chi connectivity index (χ1) is 7.83. The van der Waals surface area contributed by atoms with E-state index in [1.165, 1.54) is 38.0 Å². The van der Waals surface area contributed by atoms with Gasteiger partial charge in [0.1, 0.15) is 5.82 Å². The molecule has 2 aliphatic heterocycles. The first-order valence-corrected chi connectivity index (χ1v) is 6.29. The van der Waals surface area contributed by atoms with Gasteiger partial charge in [-0.25, -0.2) is 4.98 Å². The number of rotatable bonds is 2. The number of aromatic nitrogens is 2. The van der Waals surface area contributed by atoms with Crippen LogP contribution in [0, 0.1) is 0 Å². The van der Waals surface area contributed by atoms with Gasteiger partial charge in [0.2, 0.25) is 0 Å². The van der Waals surface area contributed by atoms with Crippen molar-refractivity contribution >= 4 is 0 Å². The van der Waals surface area contributed by atoms with Crippen LogP contribution in [0.2, 0.25) is 0 Å². The Labute approximate surface area is 96.4 Å². The summed E-state index contributed by atoms with van der Waals surface area (Å²) in [5.74, 6) is 1.80. The van der Waals surface area contributed by atoms with Crippen LogP contribution in [0.1, 0.15) is 42.7 Å². The smallest absolute Gasteiger partial charge is 0.123 e. The summed E-state index contributed by atoms with van der Waals surface area (Å²) < 4.78 is 0. The van der Waals surface area contributed by atoms with E-state index in [0.29, 0.717) is 12.0 Å². The molecule has 2 unspecified atom stereocenters. The zero-order valence-corrected chi connectivity index (χ0v) is 9.87. The molecule has 16 heavy (non-hydrogen) atoms. The van der Waals surface area contributed by atoms with Gasteiger partial charge in [0, 0.05) is 24.4 Å². The normalized spacial score (nSPS) is 31.3. The molecule has 0 amide bonds. The van der Waals surface area contributed by atoms with E-state index in [4.69, 9.17) is 0 Å². The SMILES string of the molecule is CN1CCC(c2cnc(C3CCCN3)[nH]2)C1. The number of hydrogen-bond acceptors (Lipinski definition) is 3. The Bertz CT molecular complexity index is 354. The summed E-state index contributed by atoms with van der Waals surface area (Å²) in [6, 6.07) is 0.466. The molecule has 0 bridgehead atoms. The van der Waals surface area contributed by atoms with Crippen LogP contribution in [0.4, 0.5) is 0 Å². The van der Waals surface area contributed by atoms with E-state index in [1.807, 2.05) is 6.20 Å². The van der Waals surface area contributed by atoms with Gasteiger partial charge in [-0.1, -0.05) is 0 Å². The van der Waals surface area contributed by atoms with Gasteiger partial charge < -0.3 is 15.2 Å². The molecule has 2 saturated heterocycles. The second-order valence-electron chi connectivity index (χ2n) is 5.12. The first-order valence-electron chi connectivity index (χ1n) is 6.29. The fourth-order valence-electron chi connectivity index (χ4n) is 2.84. The summed E-state index contributed by atoms with van der Waals surface area (Å²) in [5.41, 5.74) is 1.33. The third-order valence-electron chi connectivity index (χ3n) is 3.84. The number of likely N-dealkylation sites (N-methyl/N-ethyl adjacent to an activating group) is 1. The zero-order chi connectivity index (χ0) is 11.0. The van der Waals surface area contributed by atoms with Crippen LogP contribution in [0.5, 0.6) is 0 Å². The van der Waals surface area contributed by atoms with Crippen molar-refractivity contribution in [3.8, 4) is 0 Å². The Morgan fingerprint density at radius 1 is 1.44 bits per heavy atom. The molecule has 2 aliphatic rings. The van der Waals surface area contributed by atoms with Crippen LogP contribution in [0.25, 0.3) is 0 Å². The Balaban J connectivity index is 1.72. The summed E-state index contributed by atoms with van der Waals surface area (Å²) >= 11 is 0. The van der Waals surface area contributed by atoms with Gasteiger partial charge in [-0.05, 0) is 39.4 Å². The van der Waals surface area contributed by atoms with E-state index in [0.717, 1.165) is 12.4 Å². The summed E-state index contributed by atoms with van der Waals surface area (Å²) in [6.07, 6.45) is 5.79. The first kappa shape index (κ1) is 10.3. The number of likely N-dealkylation sites (tertiary alicyclic amines) is 1. The molecule has 1 aromatic rings. The fourth-order valence-corrected chi connectivity index (χ4v) is 2.84. The molecule has 1 aromatic heterocycles.